The molecule has 1 fully saturated rings. The van der Waals surface area contributed by atoms with Gasteiger partial charge in [0.15, 0.2) is 6.10 Å². The highest BCUT2D eigenvalue weighted by atomic mass is 31.2. The quantitative estimate of drug-likeness (QED) is 0.0100. The number of aliphatic hydroxyl groups is 5. The Morgan fingerprint density at radius 3 is 1.77 bits per heavy atom. The lowest BCUT2D eigenvalue weighted by atomic mass is 9.85. The van der Waals surface area contributed by atoms with E-state index in [1.54, 1.807) is 24.3 Å². The van der Waals surface area contributed by atoms with Crippen LogP contribution >= 0.6 is 15.6 Å². The normalized spacial score (nSPS) is 22.9. The number of hydrogen-bond acceptors (Lipinski definition) is 14. The first-order valence-electron chi connectivity index (χ1n) is 22.9. The molecule has 0 aromatic rings. The van der Waals surface area contributed by atoms with Crippen molar-refractivity contribution in [3.05, 3.63) is 97.2 Å². The van der Waals surface area contributed by atoms with Crippen LogP contribution in [-0.4, -0.2) is 114 Å². The molecule has 19 heteroatoms. The van der Waals surface area contributed by atoms with Crippen molar-refractivity contribution in [1.82, 2.24) is 0 Å². The second kappa shape index (κ2) is 36.9. The van der Waals surface area contributed by atoms with Gasteiger partial charge in [0, 0.05) is 12.8 Å². The van der Waals surface area contributed by atoms with E-state index in [4.69, 9.17) is 28.3 Å². The molecule has 0 saturated heterocycles. The van der Waals surface area contributed by atoms with Crippen LogP contribution in [0.5, 0.6) is 0 Å². The second-order valence-corrected chi connectivity index (χ2v) is 18.2. The number of esters is 2. The van der Waals surface area contributed by atoms with E-state index >= 15 is 0 Å². The molecule has 376 valence electrons. The van der Waals surface area contributed by atoms with Crippen molar-refractivity contribution in [1.29, 1.82) is 0 Å². The van der Waals surface area contributed by atoms with E-state index in [2.05, 4.69) is 79.1 Å². The molecule has 0 bridgehead atoms. The summed E-state index contributed by atoms with van der Waals surface area (Å²) >= 11 is 0. The number of hydrogen-bond donors (Lipinski definition) is 8. The zero-order valence-electron chi connectivity index (χ0n) is 38.4. The van der Waals surface area contributed by atoms with Crippen LogP contribution in [0.3, 0.4) is 0 Å². The van der Waals surface area contributed by atoms with Crippen molar-refractivity contribution in [3.63, 3.8) is 0 Å². The molecule has 8 N–H and O–H groups in total. The number of rotatable bonds is 36. The number of ether oxygens (including phenoxy) is 2. The molecule has 1 rings (SSSR count). The Labute approximate surface area is 390 Å². The molecule has 0 heterocycles. The first kappa shape index (κ1) is 60.9. The van der Waals surface area contributed by atoms with Gasteiger partial charge in [0.05, 0.1) is 12.7 Å². The van der Waals surface area contributed by atoms with E-state index < -0.39 is 89.6 Å². The van der Waals surface area contributed by atoms with Gasteiger partial charge >= 0.3 is 27.6 Å². The van der Waals surface area contributed by atoms with Gasteiger partial charge in [-0.2, -0.15) is 0 Å². The monoisotopic (exact) mass is 974 g/mol. The maximum atomic E-state index is 13.0. The molecular formula is C47H76O17P2. The van der Waals surface area contributed by atoms with Gasteiger partial charge < -0.3 is 49.7 Å². The summed E-state index contributed by atoms with van der Waals surface area (Å²) in [6.45, 7) is 2.74. The van der Waals surface area contributed by atoms with Crippen molar-refractivity contribution in [2.75, 3.05) is 13.2 Å². The van der Waals surface area contributed by atoms with Crippen molar-refractivity contribution < 1.29 is 82.0 Å². The third-order valence-electron chi connectivity index (χ3n) is 9.72. The van der Waals surface area contributed by atoms with Crippen LogP contribution in [-0.2, 0) is 41.8 Å². The number of carbonyl (C=O) groups is 2. The number of allylic oxidation sites excluding steroid dienone is 14. The average Bonchev–Trinajstić information content (AvgIpc) is 3.27. The molecule has 0 aromatic heterocycles. The Hall–Kier alpha value is -3.12. The zero-order valence-corrected chi connectivity index (χ0v) is 40.2. The lowest BCUT2D eigenvalue weighted by Gasteiger charge is -2.43. The third-order valence-corrected chi connectivity index (χ3v) is 11.2. The standard InChI is InChI=1S/C47H76O17P2/c1-3-5-7-9-11-13-15-17-19-21-23-25-28-32-38(48)33-29-27-31-35-41(50)62-39(36-60-40(49)34-30-26-24-22-20-18-16-14-12-10-8-6-4-2)37-61-66(58,59)64-47-44(53)42(51)43(52)46(45(47)54)63-65(55,56)57/h5,7-8,10-11,13-14,16-17,19,23,25,27-29,32,38-39,42-48,51-54H,3-4,6,9,12,15,18,20-22,24,26,30-31,33-37H2,1-2H3,(H,58,59)(H2,55,56,57)/b7-5-,10-8-,13-11-,16-14-,19-17-,25-23-,29-27-,32-28-/t38?,39-,42?,43?,44?,45?,46-,47+/m1/s1. The summed E-state index contributed by atoms with van der Waals surface area (Å²) in [7, 11) is -10.8. The van der Waals surface area contributed by atoms with E-state index in [9.17, 15) is 49.1 Å². The van der Waals surface area contributed by atoms with Crippen LogP contribution < -0.4 is 0 Å². The highest BCUT2D eigenvalue weighted by Gasteiger charge is 2.54. The molecule has 1 aliphatic rings. The SMILES string of the molecule is CC/C=C\C/C=C\C/C=C\C/C=C\C=C/C(O)C/C=C\CCC(=O)O[C@H](COC(=O)CCCCCCC/C=C\C/C=C\CCC)COP(=O)(O)O[C@H]1C(O)C(O)C(O)[C@@H](OP(=O)(O)O)C1O. The van der Waals surface area contributed by atoms with Gasteiger partial charge in [-0.25, -0.2) is 9.13 Å². The second-order valence-electron chi connectivity index (χ2n) is 15.6. The van der Waals surface area contributed by atoms with E-state index in [-0.39, 0.29) is 25.7 Å². The van der Waals surface area contributed by atoms with Gasteiger partial charge in [-0.05, 0) is 70.6 Å². The van der Waals surface area contributed by atoms with Crippen LogP contribution in [0.1, 0.15) is 123 Å². The maximum Gasteiger partial charge on any atom is 0.472 e. The summed E-state index contributed by atoms with van der Waals surface area (Å²) in [5.74, 6) is -1.42. The van der Waals surface area contributed by atoms with Crippen LogP contribution in [0.4, 0.5) is 0 Å². The minimum Gasteiger partial charge on any atom is -0.462 e. The molecular weight excluding hydrogens is 898 g/mol. The number of carbonyl (C=O) groups excluding carboxylic acids is 2. The molecule has 66 heavy (non-hydrogen) atoms. The first-order valence-corrected chi connectivity index (χ1v) is 25.9. The van der Waals surface area contributed by atoms with Crippen LogP contribution in [0.2, 0.25) is 0 Å². The minimum absolute atomic E-state index is 0.0614. The van der Waals surface area contributed by atoms with Crippen LogP contribution in [0.15, 0.2) is 97.2 Å². The van der Waals surface area contributed by atoms with Gasteiger partial charge in [-0.15, -0.1) is 0 Å². The fraction of sp³-hybridized carbons (Fsp3) is 0.617. The van der Waals surface area contributed by atoms with Gasteiger partial charge in [0.1, 0.15) is 43.2 Å². The number of phosphoric ester groups is 2. The molecule has 17 nitrogen and oxygen atoms in total. The molecule has 0 spiro atoms. The smallest absolute Gasteiger partial charge is 0.462 e. The Bertz CT molecular complexity index is 1670. The first-order chi connectivity index (χ1) is 31.5. The summed E-state index contributed by atoms with van der Waals surface area (Å²) in [6.07, 6.45) is 28.3. The fourth-order valence-electron chi connectivity index (χ4n) is 6.17. The largest absolute Gasteiger partial charge is 0.472 e. The topological polar surface area (TPSA) is 276 Å². The van der Waals surface area contributed by atoms with Gasteiger partial charge in [-0.3, -0.25) is 23.2 Å². The van der Waals surface area contributed by atoms with E-state index in [0.717, 1.165) is 77.0 Å². The predicted molar refractivity (Wildman–Crippen MR) is 251 cm³/mol. The Balaban J connectivity index is 2.72. The number of unbranched alkanes of at least 4 members (excludes halogenated alkanes) is 6. The average molecular weight is 975 g/mol. The summed E-state index contributed by atoms with van der Waals surface area (Å²) in [6, 6.07) is 0. The maximum absolute atomic E-state index is 13.0. The third kappa shape index (κ3) is 31.0. The number of phosphoric acid groups is 2. The lowest BCUT2D eigenvalue weighted by Crippen LogP contribution is -2.64. The van der Waals surface area contributed by atoms with E-state index in [0.29, 0.717) is 6.42 Å². The Kier molecular flexibility index (Phi) is 34.0. The molecule has 0 aliphatic heterocycles. The van der Waals surface area contributed by atoms with Crippen LogP contribution in [0.25, 0.3) is 0 Å². The van der Waals surface area contributed by atoms with Crippen molar-refractivity contribution in [2.45, 2.75) is 172 Å². The molecule has 6 unspecified atom stereocenters. The minimum atomic E-state index is -5.39. The summed E-state index contributed by atoms with van der Waals surface area (Å²) in [5, 5.41) is 51.5. The summed E-state index contributed by atoms with van der Waals surface area (Å²) in [4.78, 5) is 54.2. The highest BCUT2D eigenvalue weighted by molar-refractivity contribution is 7.47. The summed E-state index contributed by atoms with van der Waals surface area (Å²) < 4.78 is 49.1. The molecule has 1 saturated carbocycles. The van der Waals surface area contributed by atoms with Crippen LogP contribution in [0, 0.1) is 0 Å². The fourth-order valence-corrected chi connectivity index (χ4v) is 7.71. The Morgan fingerprint density at radius 2 is 1.14 bits per heavy atom. The molecule has 9 atom stereocenters. The van der Waals surface area contributed by atoms with E-state index in [1.165, 1.54) is 0 Å². The highest BCUT2D eigenvalue weighted by Crippen LogP contribution is 2.49. The molecule has 0 amide bonds. The van der Waals surface area contributed by atoms with Crippen molar-refractivity contribution in [3.8, 4) is 0 Å². The Morgan fingerprint density at radius 1 is 0.576 bits per heavy atom. The molecule has 1 aliphatic carbocycles. The van der Waals surface area contributed by atoms with Gasteiger partial charge in [0.2, 0.25) is 0 Å². The lowest BCUT2D eigenvalue weighted by molar-refractivity contribution is -0.216. The van der Waals surface area contributed by atoms with E-state index in [1.807, 2.05) is 12.2 Å². The molecule has 0 radical (unpaired) electrons. The van der Waals surface area contributed by atoms with Crippen molar-refractivity contribution in [2.24, 2.45) is 0 Å². The molecule has 0 aromatic carbocycles. The zero-order chi connectivity index (χ0) is 49.1. The van der Waals surface area contributed by atoms with Gasteiger partial charge in [-0.1, -0.05) is 137 Å². The number of aliphatic hydroxyl groups excluding tert-OH is 5. The van der Waals surface area contributed by atoms with Gasteiger partial charge in [0.25, 0.3) is 0 Å². The summed E-state index contributed by atoms with van der Waals surface area (Å²) in [5.41, 5.74) is 0. The van der Waals surface area contributed by atoms with Crippen molar-refractivity contribution >= 4 is 27.6 Å². The predicted octanol–water partition coefficient (Wildman–Crippen LogP) is 7.36.